The zero-order chi connectivity index (χ0) is 12.5. The van der Waals surface area contributed by atoms with Crippen LogP contribution in [0.25, 0.3) is 0 Å². The second-order valence-corrected chi connectivity index (χ2v) is 5.99. The maximum absolute atomic E-state index is 12.5. The van der Waals surface area contributed by atoms with Crippen LogP contribution in [0.5, 0.6) is 0 Å². The smallest absolute Gasteiger partial charge is 0.166 e. The summed E-state index contributed by atoms with van der Waals surface area (Å²) in [5.41, 5.74) is 3.52. The Morgan fingerprint density at radius 1 is 1.00 bits per heavy atom. The van der Waals surface area contributed by atoms with Crippen molar-refractivity contribution in [3.63, 3.8) is 0 Å². The zero-order valence-corrected chi connectivity index (χ0v) is 12.1. The molecule has 1 aliphatic carbocycles. The van der Waals surface area contributed by atoms with E-state index in [9.17, 15) is 4.79 Å². The fraction of sp³-hybridized carbons (Fsp3) is 0.188. The van der Waals surface area contributed by atoms with Crippen molar-refractivity contribution in [3.05, 3.63) is 68.8 Å². The molecule has 0 radical (unpaired) electrons. The second kappa shape index (κ2) is 4.84. The number of hydrogen-bond acceptors (Lipinski definition) is 1. The first-order chi connectivity index (χ1) is 8.74. The molecule has 0 aromatic heterocycles. The Bertz CT molecular complexity index is 579. The Labute approximate surface area is 120 Å². The molecule has 0 spiro atoms. The quantitative estimate of drug-likeness (QED) is 0.595. The van der Waals surface area contributed by atoms with Crippen LogP contribution in [0, 0.1) is 9.49 Å². The van der Waals surface area contributed by atoms with Gasteiger partial charge >= 0.3 is 0 Å². The number of carbonyl (C=O) groups excluding carboxylic acids is 1. The van der Waals surface area contributed by atoms with Crippen molar-refractivity contribution in [2.45, 2.75) is 12.8 Å². The highest BCUT2D eigenvalue weighted by Crippen LogP contribution is 2.29. The van der Waals surface area contributed by atoms with Crippen LogP contribution in [0.1, 0.15) is 21.5 Å². The number of benzene rings is 2. The maximum Gasteiger partial charge on any atom is 0.166 e. The van der Waals surface area contributed by atoms with Gasteiger partial charge < -0.3 is 0 Å². The average molecular weight is 348 g/mol. The summed E-state index contributed by atoms with van der Waals surface area (Å²) in [7, 11) is 0. The monoisotopic (exact) mass is 348 g/mol. The van der Waals surface area contributed by atoms with Gasteiger partial charge in [-0.2, -0.15) is 0 Å². The van der Waals surface area contributed by atoms with Crippen molar-refractivity contribution in [3.8, 4) is 0 Å². The molecule has 0 aliphatic heterocycles. The molecule has 0 amide bonds. The standard InChI is InChI=1S/C16H13IO/c17-15-7-3-6-13(10-15)16(18)14-8-11-4-1-2-5-12(11)9-14/h1-7,10,14H,8-9H2. The molecule has 90 valence electrons. The van der Waals surface area contributed by atoms with Crippen LogP contribution in [0.4, 0.5) is 0 Å². The number of ketones is 1. The lowest BCUT2D eigenvalue weighted by Crippen LogP contribution is -2.15. The molecule has 0 fully saturated rings. The third-order valence-corrected chi connectivity index (χ3v) is 4.20. The predicted molar refractivity (Wildman–Crippen MR) is 80.8 cm³/mol. The maximum atomic E-state index is 12.5. The summed E-state index contributed by atoms with van der Waals surface area (Å²) in [6, 6.07) is 16.3. The Hall–Kier alpha value is -1.16. The van der Waals surface area contributed by atoms with Gasteiger partial charge in [0.25, 0.3) is 0 Å². The average Bonchev–Trinajstić information content (AvgIpc) is 2.81. The number of hydrogen-bond donors (Lipinski definition) is 0. The van der Waals surface area contributed by atoms with E-state index in [1.165, 1.54) is 11.1 Å². The van der Waals surface area contributed by atoms with E-state index in [1.54, 1.807) is 0 Å². The van der Waals surface area contributed by atoms with Crippen LogP contribution in [-0.2, 0) is 12.8 Å². The summed E-state index contributed by atoms with van der Waals surface area (Å²) in [5, 5.41) is 0. The highest BCUT2D eigenvalue weighted by molar-refractivity contribution is 14.1. The highest BCUT2D eigenvalue weighted by atomic mass is 127. The molecule has 0 unspecified atom stereocenters. The Kier molecular flexibility index (Phi) is 3.20. The molecule has 0 heterocycles. The highest BCUT2D eigenvalue weighted by Gasteiger charge is 2.27. The summed E-state index contributed by atoms with van der Waals surface area (Å²) in [5.74, 6) is 0.408. The summed E-state index contributed by atoms with van der Waals surface area (Å²) in [6.07, 6.45) is 1.78. The first-order valence-corrected chi connectivity index (χ1v) is 7.18. The predicted octanol–water partition coefficient (Wildman–Crippen LogP) is 3.89. The molecule has 2 aromatic carbocycles. The summed E-state index contributed by atoms with van der Waals surface area (Å²) in [6.45, 7) is 0. The molecule has 2 aromatic rings. The fourth-order valence-electron chi connectivity index (χ4n) is 2.62. The lowest BCUT2D eigenvalue weighted by Gasteiger charge is -2.08. The minimum absolute atomic E-state index is 0.126. The van der Waals surface area contributed by atoms with Gasteiger partial charge in [-0.15, -0.1) is 0 Å². The van der Waals surface area contributed by atoms with Crippen molar-refractivity contribution in [1.29, 1.82) is 0 Å². The van der Waals surface area contributed by atoms with Crippen LogP contribution in [0.2, 0.25) is 0 Å². The van der Waals surface area contributed by atoms with Gasteiger partial charge in [0.05, 0.1) is 0 Å². The van der Waals surface area contributed by atoms with Crippen LogP contribution in [0.3, 0.4) is 0 Å². The first kappa shape index (κ1) is 11.9. The Morgan fingerprint density at radius 3 is 2.28 bits per heavy atom. The molecular weight excluding hydrogens is 335 g/mol. The molecule has 1 aliphatic rings. The van der Waals surface area contributed by atoms with E-state index in [1.807, 2.05) is 24.3 Å². The van der Waals surface area contributed by atoms with Crippen molar-refractivity contribution in [2.75, 3.05) is 0 Å². The molecule has 3 rings (SSSR count). The number of Topliss-reactive ketones (excluding diaryl/α,β-unsaturated/α-hetero) is 1. The van der Waals surface area contributed by atoms with E-state index in [0.717, 1.165) is 22.0 Å². The van der Waals surface area contributed by atoms with E-state index < -0.39 is 0 Å². The topological polar surface area (TPSA) is 17.1 Å². The summed E-state index contributed by atoms with van der Waals surface area (Å²) < 4.78 is 1.12. The lowest BCUT2D eigenvalue weighted by atomic mass is 9.95. The zero-order valence-electron chi connectivity index (χ0n) is 9.90. The van der Waals surface area contributed by atoms with Gasteiger partial charge in [0.15, 0.2) is 5.78 Å². The molecule has 18 heavy (non-hydrogen) atoms. The normalized spacial score (nSPS) is 14.5. The van der Waals surface area contributed by atoms with E-state index >= 15 is 0 Å². The number of carbonyl (C=O) groups is 1. The van der Waals surface area contributed by atoms with Gasteiger partial charge in [-0.25, -0.2) is 0 Å². The second-order valence-electron chi connectivity index (χ2n) is 4.75. The van der Waals surface area contributed by atoms with E-state index in [2.05, 4.69) is 46.9 Å². The van der Waals surface area contributed by atoms with Gasteiger partial charge in [0.1, 0.15) is 0 Å². The van der Waals surface area contributed by atoms with Crippen LogP contribution in [0.15, 0.2) is 48.5 Å². The Balaban J connectivity index is 1.84. The molecule has 0 saturated heterocycles. The van der Waals surface area contributed by atoms with Gasteiger partial charge in [0, 0.05) is 15.1 Å². The third kappa shape index (κ3) is 2.21. The number of rotatable bonds is 2. The number of fused-ring (bicyclic) bond motifs is 1. The van der Waals surface area contributed by atoms with Crippen molar-refractivity contribution in [2.24, 2.45) is 5.92 Å². The Morgan fingerprint density at radius 2 is 1.67 bits per heavy atom. The molecule has 0 bridgehead atoms. The fourth-order valence-corrected chi connectivity index (χ4v) is 3.16. The van der Waals surface area contributed by atoms with Crippen LogP contribution in [-0.4, -0.2) is 5.78 Å². The molecule has 1 nitrogen and oxygen atoms in total. The molecule has 2 heteroatoms. The van der Waals surface area contributed by atoms with Crippen molar-refractivity contribution in [1.82, 2.24) is 0 Å². The van der Waals surface area contributed by atoms with Gasteiger partial charge in [-0.05, 0) is 58.7 Å². The van der Waals surface area contributed by atoms with E-state index in [-0.39, 0.29) is 11.7 Å². The summed E-state index contributed by atoms with van der Waals surface area (Å²) >= 11 is 2.25. The summed E-state index contributed by atoms with van der Waals surface area (Å²) in [4.78, 5) is 12.5. The van der Waals surface area contributed by atoms with E-state index in [0.29, 0.717) is 0 Å². The van der Waals surface area contributed by atoms with Gasteiger partial charge in [-0.3, -0.25) is 4.79 Å². The first-order valence-electron chi connectivity index (χ1n) is 6.10. The largest absolute Gasteiger partial charge is 0.294 e. The molecule has 0 saturated carbocycles. The van der Waals surface area contributed by atoms with Gasteiger partial charge in [-0.1, -0.05) is 36.4 Å². The molecular formula is C16H13IO. The number of halogens is 1. The van der Waals surface area contributed by atoms with Crippen LogP contribution >= 0.6 is 22.6 Å². The minimum atomic E-state index is 0.126. The molecule has 0 N–H and O–H groups in total. The molecule has 0 atom stereocenters. The lowest BCUT2D eigenvalue weighted by molar-refractivity contribution is 0.0924. The minimum Gasteiger partial charge on any atom is -0.294 e. The van der Waals surface area contributed by atoms with Crippen molar-refractivity contribution < 1.29 is 4.79 Å². The van der Waals surface area contributed by atoms with E-state index in [4.69, 9.17) is 0 Å². The third-order valence-electron chi connectivity index (χ3n) is 3.53. The SMILES string of the molecule is O=C(c1cccc(I)c1)C1Cc2ccccc2C1. The van der Waals surface area contributed by atoms with Crippen molar-refractivity contribution >= 4 is 28.4 Å². The van der Waals surface area contributed by atoms with Crippen LogP contribution < -0.4 is 0 Å². The van der Waals surface area contributed by atoms with Gasteiger partial charge in [0.2, 0.25) is 0 Å².